The van der Waals surface area contributed by atoms with Crippen molar-refractivity contribution in [2.75, 3.05) is 0 Å². The van der Waals surface area contributed by atoms with Gasteiger partial charge in [-0.05, 0) is 36.5 Å². The molecule has 0 aromatic carbocycles. The lowest BCUT2D eigenvalue weighted by atomic mass is 9.58. The van der Waals surface area contributed by atoms with Crippen LogP contribution in [-0.4, -0.2) is 0 Å². The minimum Gasteiger partial charge on any atom is -0.0649 e. The summed E-state index contributed by atoms with van der Waals surface area (Å²) in [5.74, 6) is 1.90. The topological polar surface area (TPSA) is 0 Å². The molecule has 1 fully saturated rings. The van der Waals surface area contributed by atoms with Crippen molar-refractivity contribution in [1.82, 2.24) is 0 Å². The highest BCUT2D eigenvalue weighted by Gasteiger charge is 2.40. The fraction of sp³-hybridized carbons (Fsp3) is 1.00. The molecule has 11 heavy (non-hydrogen) atoms. The first-order valence-electron chi connectivity index (χ1n) is 5.08. The van der Waals surface area contributed by atoms with Crippen LogP contribution >= 0.6 is 0 Å². The Morgan fingerprint density at radius 2 is 1.91 bits per heavy atom. The molecule has 0 spiro atoms. The van der Waals surface area contributed by atoms with Crippen molar-refractivity contribution in [3.05, 3.63) is 0 Å². The third kappa shape index (κ3) is 1.98. The van der Waals surface area contributed by atoms with E-state index < -0.39 is 0 Å². The Morgan fingerprint density at radius 1 is 1.36 bits per heavy atom. The molecule has 0 nitrogen and oxygen atoms in total. The van der Waals surface area contributed by atoms with Gasteiger partial charge >= 0.3 is 0 Å². The summed E-state index contributed by atoms with van der Waals surface area (Å²) in [5.41, 5.74) is 0.758. The van der Waals surface area contributed by atoms with Gasteiger partial charge in [-0.2, -0.15) is 0 Å². The monoisotopic (exact) mass is 154 g/mol. The van der Waals surface area contributed by atoms with Crippen molar-refractivity contribution in [1.29, 1.82) is 0 Å². The van der Waals surface area contributed by atoms with E-state index in [1.54, 1.807) is 0 Å². The summed E-state index contributed by atoms with van der Waals surface area (Å²) in [7, 11) is 0. The molecule has 0 heteroatoms. The largest absolute Gasteiger partial charge is 0.0649 e. The molecule has 0 unspecified atom stereocenters. The highest BCUT2D eigenvalue weighted by molar-refractivity contribution is 4.91. The SMILES string of the molecule is CCC1(CC(C)C)CC(C)C1. The molecule has 0 aromatic heterocycles. The summed E-state index contributed by atoms with van der Waals surface area (Å²) >= 11 is 0. The van der Waals surface area contributed by atoms with Crippen LogP contribution in [0.1, 0.15) is 53.4 Å². The van der Waals surface area contributed by atoms with E-state index in [4.69, 9.17) is 0 Å². The van der Waals surface area contributed by atoms with Gasteiger partial charge in [0.2, 0.25) is 0 Å². The minimum absolute atomic E-state index is 0.758. The first-order valence-corrected chi connectivity index (χ1v) is 5.08. The van der Waals surface area contributed by atoms with Crippen molar-refractivity contribution in [3.63, 3.8) is 0 Å². The first kappa shape index (κ1) is 9.09. The Morgan fingerprint density at radius 3 is 2.18 bits per heavy atom. The molecule has 0 bridgehead atoms. The average molecular weight is 154 g/mol. The zero-order chi connectivity index (χ0) is 8.48. The van der Waals surface area contributed by atoms with E-state index in [2.05, 4.69) is 27.7 Å². The van der Waals surface area contributed by atoms with Crippen molar-refractivity contribution >= 4 is 0 Å². The van der Waals surface area contributed by atoms with Gasteiger partial charge in [-0.3, -0.25) is 0 Å². The molecule has 0 aliphatic heterocycles. The second-order valence-electron chi connectivity index (χ2n) is 4.96. The number of hydrogen-bond acceptors (Lipinski definition) is 0. The van der Waals surface area contributed by atoms with Crippen molar-refractivity contribution in [2.45, 2.75) is 53.4 Å². The van der Waals surface area contributed by atoms with Crippen LogP contribution in [0.4, 0.5) is 0 Å². The molecule has 1 aliphatic carbocycles. The maximum absolute atomic E-state index is 2.38. The fourth-order valence-electron chi connectivity index (χ4n) is 2.88. The molecule has 66 valence electrons. The van der Waals surface area contributed by atoms with Crippen molar-refractivity contribution in [2.24, 2.45) is 17.3 Å². The van der Waals surface area contributed by atoms with Gasteiger partial charge in [0.05, 0.1) is 0 Å². The van der Waals surface area contributed by atoms with Gasteiger partial charge < -0.3 is 0 Å². The van der Waals surface area contributed by atoms with Crippen LogP contribution < -0.4 is 0 Å². The van der Waals surface area contributed by atoms with E-state index in [1.165, 1.54) is 25.7 Å². The lowest BCUT2D eigenvalue weighted by molar-refractivity contribution is 0.0377. The quantitative estimate of drug-likeness (QED) is 0.579. The normalized spacial score (nSPS) is 37.4. The van der Waals surface area contributed by atoms with Crippen LogP contribution in [0.5, 0.6) is 0 Å². The molecule has 0 atom stereocenters. The molecule has 0 saturated heterocycles. The van der Waals surface area contributed by atoms with Crippen LogP contribution in [0.15, 0.2) is 0 Å². The highest BCUT2D eigenvalue weighted by atomic mass is 14.4. The lowest BCUT2D eigenvalue weighted by Gasteiger charge is -2.47. The summed E-state index contributed by atoms with van der Waals surface area (Å²) in [6.45, 7) is 9.43. The molecular formula is C11H22. The molecular weight excluding hydrogens is 132 g/mol. The first-order chi connectivity index (χ1) is 5.08. The van der Waals surface area contributed by atoms with Crippen LogP contribution in [-0.2, 0) is 0 Å². The van der Waals surface area contributed by atoms with E-state index in [9.17, 15) is 0 Å². The standard InChI is InChI=1S/C11H22/c1-5-11(6-9(2)3)7-10(4)8-11/h9-10H,5-8H2,1-4H3. The maximum Gasteiger partial charge on any atom is -0.0293 e. The van der Waals surface area contributed by atoms with Gasteiger partial charge in [-0.1, -0.05) is 34.1 Å². The van der Waals surface area contributed by atoms with Gasteiger partial charge in [0.15, 0.2) is 0 Å². The second kappa shape index (κ2) is 3.16. The number of rotatable bonds is 3. The Labute approximate surface area is 71.4 Å². The number of hydrogen-bond donors (Lipinski definition) is 0. The Kier molecular flexibility index (Phi) is 2.61. The predicted octanol–water partition coefficient (Wildman–Crippen LogP) is 3.86. The molecule has 0 aromatic rings. The second-order valence-corrected chi connectivity index (χ2v) is 4.96. The maximum atomic E-state index is 2.38. The third-order valence-corrected chi connectivity index (χ3v) is 3.15. The Balaban J connectivity index is 2.38. The van der Waals surface area contributed by atoms with E-state index in [1.807, 2.05) is 0 Å². The average Bonchev–Trinajstić information content (AvgIpc) is 1.82. The molecule has 0 radical (unpaired) electrons. The molecule has 1 aliphatic rings. The molecule has 0 N–H and O–H groups in total. The van der Waals surface area contributed by atoms with E-state index in [-0.39, 0.29) is 0 Å². The lowest BCUT2D eigenvalue weighted by Crippen LogP contribution is -2.36. The summed E-state index contributed by atoms with van der Waals surface area (Å²) in [5, 5.41) is 0. The van der Waals surface area contributed by atoms with E-state index >= 15 is 0 Å². The highest BCUT2D eigenvalue weighted by Crippen LogP contribution is 2.51. The van der Waals surface area contributed by atoms with Gasteiger partial charge in [0.1, 0.15) is 0 Å². The van der Waals surface area contributed by atoms with Crippen LogP contribution in [0.25, 0.3) is 0 Å². The van der Waals surface area contributed by atoms with E-state index in [0.29, 0.717) is 0 Å². The summed E-state index contributed by atoms with van der Waals surface area (Å²) in [6.07, 6.45) is 5.83. The van der Waals surface area contributed by atoms with Gasteiger partial charge in [-0.25, -0.2) is 0 Å². The smallest absolute Gasteiger partial charge is 0.0293 e. The van der Waals surface area contributed by atoms with Gasteiger partial charge in [0, 0.05) is 0 Å². The van der Waals surface area contributed by atoms with E-state index in [0.717, 1.165) is 17.3 Å². The molecule has 1 rings (SSSR count). The van der Waals surface area contributed by atoms with Crippen LogP contribution in [0, 0.1) is 17.3 Å². The summed E-state index contributed by atoms with van der Waals surface area (Å²) in [4.78, 5) is 0. The molecule has 0 heterocycles. The van der Waals surface area contributed by atoms with Gasteiger partial charge in [-0.15, -0.1) is 0 Å². The fourth-order valence-corrected chi connectivity index (χ4v) is 2.88. The summed E-state index contributed by atoms with van der Waals surface area (Å²) in [6, 6.07) is 0. The zero-order valence-electron chi connectivity index (χ0n) is 8.48. The minimum atomic E-state index is 0.758. The van der Waals surface area contributed by atoms with Crippen molar-refractivity contribution < 1.29 is 0 Å². The van der Waals surface area contributed by atoms with Crippen LogP contribution in [0.2, 0.25) is 0 Å². The zero-order valence-corrected chi connectivity index (χ0v) is 8.48. The third-order valence-electron chi connectivity index (χ3n) is 3.15. The van der Waals surface area contributed by atoms with Gasteiger partial charge in [0.25, 0.3) is 0 Å². The summed E-state index contributed by atoms with van der Waals surface area (Å²) < 4.78 is 0. The Hall–Kier alpha value is 0. The molecule has 0 amide bonds. The molecule has 1 saturated carbocycles. The predicted molar refractivity (Wildman–Crippen MR) is 50.6 cm³/mol. The van der Waals surface area contributed by atoms with Crippen LogP contribution in [0.3, 0.4) is 0 Å². The van der Waals surface area contributed by atoms with Crippen molar-refractivity contribution in [3.8, 4) is 0 Å². The Bertz CT molecular complexity index is 118.